The first kappa shape index (κ1) is 18.3. The Bertz CT molecular complexity index is 963. The molecule has 0 aliphatic carbocycles. The van der Waals surface area contributed by atoms with Crippen molar-refractivity contribution in [2.45, 2.75) is 5.03 Å². The van der Waals surface area contributed by atoms with Gasteiger partial charge in [0, 0.05) is 16.1 Å². The molecule has 0 saturated heterocycles. The summed E-state index contributed by atoms with van der Waals surface area (Å²) in [5.41, 5.74) is 6.41. The van der Waals surface area contributed by atoms with Crippen molar-refractivity contribution in [1.82, 2.24) is 4.98 Å². The molecule has 25 heavy (non-hydrogen) atoms. The molecular formula is C16H9ClN4O3S. The molecule has 9 heteroatoms. The van der Waals surface area contributed by atoms with Crippen LogP contribution in [0.5, 0.6) is 0 Å². The van der Waals surface area contributed by atoms with Gasteiger partial charge in [0.1, 0.15) is 28.5 Å². The molecule has 0 amide bonds. The van der Waals surface area contributed by atoms with E-state index >= 15 is 0 Å². The molecule has 0 spiro atoms. The number of carbonyl (C=O) groups excluding carboxylic acids is 1. The van der Waals surface area contributed by atoms with Crippen LogP contribution in [0, 0.1) is 22.7 Å². The first-order chi connectivity index (χ1) is 11.9. The van der Waals surface area contributed by atoms with Gasteiger partial charge in [0.2, 0.25) is 5.78 Å². The van der Waals surface area contributed by atoms with Crippen LogP contribution in [-0.4, -0.2) is 27.6 Å². The Labute approximate surface area is 151 Å². The third-order valence-electron chi connectivity index (χ3n) is 3.14. The van der Waals surface area contributed by atoms with Crippen molar-refractivity contribution in [2.24, 2.45) is 0 Å². The molecule has 0 aliphatic heterocycles. The fourth-order valence-corrected chi connectivity index (χ4v) is 3.11. The second-order valence-corrected chi connectivity index (χ2v) is 6.02. The number of anilines is 1. The number of nitriles is 2. The lowest BCUT2D eigenvalue weighted by Crippen LogP contribution is -2.15. The van der Waals surface area contributed by atoms with Crippen LogP contribution in [0.2, 0.25) is 5.02 Å². The van der Waals surface area contributed by atoms with E-state index in [1.54, 1.807) is 24.3 Å². The maximum Gasteiger partial charge on any atom is 0.373 e. The molecule has 0 fully saturated rings. The van der Waals surface area contributed by atoms with E-state index in [2.05, 4.69) is 4.98 Å². The Kier molecular flexibility index (Phi) is 5.60. The van der Waals surface area contributed by atoms with Gasteiger partial charge in [-0.3, -0.25) is 4.79 Å². The molecule has 124 valence electrons. The van der Waals surface area contributed by atoms with E-state index in [1.165, 1.54) is 0 Å². The van der Waals surface area contributed by atoms with Gasteiger partial charge in [0.15, 0.2) is 0 Å². The molecule has 3 N–H and O–H groups in total. The number of aromatic nitrogens is 1. The molecule has 0 bridgehead atoms. The number of carbonyl (C=O) groups is 2. The average molecular weight is 373 g/mol. The molecule has 0 aliphatic rings. The number of benzene rings is 1. The number of aliphatic carboxylic acids is 1. The second kappa shape index (κ2) is 7.67. The van der Waals surface area contributed by atoms with Gasteiger partial charge in [-0.2, -0.15) is 10.5 Å². The number of Topliss-reactive ketones (excluding diaryl/α,β-unsaturated/α-hetero) is 1. The molecule has 2 aromatic rings. The van der Waals surface area contributed by atoms with Crippen molar-refractivity contribution >= 4 is 40.9 Å². The van der Waals surface area contributed by atoms with Crippen LogP contribution >= 0.6 is 23.4 Å². The number of nitrogen functional groups attached to an aromatic ring is 1. The molecular weight excluding hydrogens is 364 g/mol. The number of hydrogen-bond donors (Lipinski definition) is 2. The van der Waals surface area contributed by atoms with Crippen LogP contribution in [0.25, 0.3) is 11.1 Å². The predicted molar refractivity (Wildman–Crippen MR) is 91.9 cm³/mol. The number of pyridine rings is 1. The minimum Gasteiger partial charge on any atom is -0.475 e. The summed E-state index contributed by atoms with van der Waals surface area (Å²) in [4.78, 5) is 25.9. The molecule has 1 heterocycles. The van der Waals surface area contributed by atoms with Gasteiger partial charge in [-0.15, -0.1) is 0 Å². The highest BCUT2D eigenvalue weighted by molar-refractivity contribution is 8.00. The van der Waals surface area contributed by atoms with Crippen LogP contribution in [0.3, 0.4) is 0 Å². The van der Waals surface area contributed by atoms with Crippen molar-refractivity contribution in [3.05, 3.63) is 40.4 Å². The lowest BCUT2D eigenvalue weighted by molar-refractivity contribution is -0.147. The Morgan fingerprint density at radius 2 is 1.88 bits per heavy atom. The maximum atomic E-state index is 11.3. The number of nitrogens with zero attached hydrogens (tertiary/aromatic N) is 3. The number of thioether (sulfide) groups is 1. The Balaban J connectivity index is 2.68. The quantitative estimate of drug-likeness (QED) is 0.602. The van der Waals surface area contributed by atoms with Crippen molar-refractivity contribution in [3.63, 3.8) is 0 Å². The number of ketones is 1. The van der Waals surface area contributed by atoms with E-state index in [1.807, 2.05) is 12.1 Å². The SMILES string of the molecule is N#Cc1c(N)nc(SCC(=O)C(=O)O)c(C#N)c1-c1ccccc1Cl. The molecule has 0 saturated carbocycles. The normalized spacial score (nSPS) is 9.88. The number of hydrogen-bond acceptors (Lipinski definition) is 7. The van der Waals surface area contributed by atoms with Gasteiger partial charge in [-0.25, -0.2) is 9.78 Å². The summed E-state index contributed by atoms with van der Waals surface area (Å²) in [5.74, 6) is -3.19. The standard InChI is InChI=1S/C16H9ClN4O3S/c17-11-4-2-1-3-8(11)13-9(5-18)14(20)21-15(10(13)6-19)25-7-12(22)16(23)24/h1-4H,7H2,(H2,20,21)(H,23,24). The smallest absolute Gasteiger partial charge is 0.373 e. The highest BCUT2D eigenvalue weighted by Crippen LogP contribution is 2.38. The molecule has 1 aromatic heterocycles. The Morgan fingerprint density at radius 1 is 1.24 bits per heavy atom. The Hall–Kier alpha value is -3.07. The van der Waals surface area contributed by atoms with E-state index in [9.17, 15) is 20.1 Å². The van der Waals surface area contributed by atoms with Gasteiger partial charge in [-0.05, 0) is 6.07 Å². The molecule has 0 unspecified atom stereocenters. The third kappa shape index (κ3) is 3.72. The molecule has 7 nitrogen and oxygen atoms in total. The number of carboxylic acids is 1. The fraction of sp³-hybridized carbons (Fsp3) is 0.0625. The minimum absolute atomic E-state index is 0.00189. The lowest BCUT2D eigenvalue weighted by atomic mass is 9.97. The van der Waals surface area contributed by atoms with Crippen molar-refractivity contribution in [2.75, 3.05) is 11.5 Å². The number of rotatable bonds is 5. The van der Waals surface area contributed by atoms with Crippen molar-refractivity contribution in [3.8, 4) is 23.3 Å². The van der Waals surface area contributed by atoms with Gasteiger partial charge in [0.25, 0.3) is 0 Å². The van der Waals surface area contributed by atoms with Gasteiger partial charge >= 0.3 is 5.97 Å². The monoisotopic (exact) mass is 372 g/mol. The van der Waals surface area contributed by atoms with E-state index in [-0.39, 0.29) is 27.5 Å². The van der Waals surface area contributed by atoms with Crippen LogP contribution in [0.15, 0.2) is 29.3 Å². The molecule has 0 radical (unpaired) electrons. The Morgan fingerprint density at radius 3 is 2.44 bits per heavy atom. The van der Waals surface area contributed by atoms with Gasteiger partial charge in [-0.1, -0.05) is 41.6 Å². The molecule has 1 aromatic carbocycles. The third-order valence-corrected chi connectivity index (χ3v) is 4.44. The van der Waals surface area contributed by atoms with Crippen LogP contribution in [0.1, 0.15) is 11.1 Å². The number of carboxylic acid groups (broad SMARTS) is 1. The first-order valence-corrected chi connectivity index (χ1v) is 8.04. The summed E-state index contributed by atoms with van der Waals surface area (Å²) < 4.78 is 0. The number of nitrogens with two attached hydrogens (primary N) is 1. The topological polar surface area (TPSA) is 141 Å². The summed E-state index contributed by atoms with van der Waals surface area (Å²) in [6.07, 6.45) is 0. The van der Waals surface area contributed by atoms with Gasteiger partial charge in [0.05, 0.1) is 11.3 Å². The highest BCUT2D eigenvalue weighted by Gasteiger charge is 2.23. The van der Waals surface area contributed by atoms with Crippen molar-refractivity contribution in [1.29, 1.82) is 10.5 Å². The summed E-state index contributed by atoms with van der Waals surface area (Å²) >= 11 is 6.93. The minimum atomic E-state index is -1.58. The van der Waals surface area contributed by atoms with E-state index < -0.39 is 17.5 Å². The maximum absolute atomic E-state index is 11.3. The largest absolute Gasteiger partial charge is 0.475 e. The fourth-order valence-electron chi connectivity index (χ4n) is 2.03. The first-order valence-electron chi connectivity index (χ1n) is 6.68. The van der Waals surface area contributed by atoms with Crippen molar-refractivity contribution < 1.29 is 14.7 Å². The second-order valence-electron chi connectivity index (χ2n) is 4.65. The average Bonchev–Trinajstić information content (AvgIpc) is 2.59. The predicted octanol–water partition coefficient (Wildman–Crippen LogP) is 2.47. The van der Waals surface area contributed by atoms with E-state index in [0.717, 1.165) is 11.8 Å². The number of halogens is 1. The van der Waals surface area contributed by atoms with E-state index in [0.29, 0.717) is 10.6 Å². The molecule has 0 atom stereocenters. The summed E-state index contributed by atoms with van der Waals surface area (Å²) in [6.45, 7) is 0. The lowest BCUT2D eigenvalue weighted by Gasteiger charge is -2.13. The zero-order valence-electron chi connectivity index (χ0n) is 12.5. The highest BCUT2D eigenvalue weighted by atomic mass is 35.5. The van der Waals surface area contributed by atoms with Crippen LogP contribution < -0.4 is 5.73 Å². The zero-order chi connectivity index (χ0) is 18.6. The summed E-state index contributed by atoms with van der Waals surface area (Å²) in [7, 11) is 0. The molecule has 2 rings (SSSR count). The van der Waals surface area contributed by atoms with Crippen LogP contribution in [0.4, 0.5) is 5.82 Å². The van der Waals surface area contributed by atoms with E-state index in [4.69, 9.17) is 22.4 Å². The zero-order valence-corrected chi connectivity index (χ0v) is 14.1. The van der Waals surface area contributed by atoms with Crippen LogP contribution in [-0.2, 0) is 9.59 Å². The summed E-state index contributed by atoms with van der Waals surface area (Å²) in [5, 5.41) is 28.0. The summed E-state index contributed by atoms with van der Waals surface area (Å²) in [6, 6.07) is 10.4. The van der Waals surface area contributed by atoms with Gasteiger partial charge < -0.3 is 10.8 Å².